The number of imidazole rings is 1. The van der Waals surface area contributed by atoms with Gasteiger partial charge in [0.15, 0.2) is 0 Å². The molecule has 3 aromatic rings. The van der Waals surface area contributed by atoms with Crippen molar-refractivity contribution in [2.75, 3.05) is 17.7 Å². The average molecular weight is 393 g/mol. The van der Waals surface area contributed by atoms with Gasteiger partial charge < -0.3 is 20.4 Å². The van der Waals surface area contributed by atoms with Crippen LogP contribution in [0.15, 0.2) is 36.4 Å². The minimum absolute atomic E-state index is 0.205. The molecule has 0 aliphatic heterocycles. The van der Waals surface area contributed by atoms with Crippen LogP contribution in [0, 0.1) is 0 Å². The number of para-hydroxylation sites is 1. The number of nitrogens with two attached hydrogens (primary N) is 1. The zero-order valence-corrected chi connectivity index (χ0v) is 15.6. The van der Waals surface area contributed by atoms with E-state index in [2.05, 4.69) is 10.3 Å². The van der Waals surface area contributed by atoms with E-state index in [1.54, 1.807) is 31.2 Å². The number of aryl methyl sites for hydroxylation is 1. The van der Waals surface area contributed by atoms with Crippen LogP contribution in [-0.4, -0.2) is 22.1 Å². The van der Waals surface area contributed by atoms with Crippen molar-refractivity contribution in [2.45, 2.75) is 19.9 Å². The van der Waals surface area contributed by atoms with Crippen molar-refractivity contribution in [3.05, 3.63) is 46.4 Å². The summed E-state index contributed by atoms with van der Waals surface area (Å²) in [6.07, 6.45) is 0.205. The molecule has 1 heterocycles. The van der Waals surface area contributed by atoms with Crippen molar-refractivity contribution in [3.8, 4) is 0 Å². The quantitative estimate of drug-likeness (QED) is 0.472. The monoisotopic (exact) mass is 392 g/mol. The van der Waals surface area contributed by atoms with E-state index >= 15 is 0 Å². The fourth-order valence-corrected chi connectivity index (χ4v) is 3.13. The van der Waals surface area contributed by atoms with Crippen LogP contribution < -0.4 is 11.1 Å². The Balaban J connectivity index is 1.99. The number of esters is 1. The number of carbonyl (C=O) groups is 1. The van der Waals surface area contributed by atoms with E-state index < -0.39 is 0 Å². The van der Waals surface area contributed by atoms with E-state index in [0.29, 0.717) is 40.5 Å². The molecule has 1 aromatic heterocycles. The van der Waals surface area contributed by atoms with Gasteiger partial charge in [0, 0.05) is 11.6 Å². The Hall–Kier alpha value is -2.44. The number of halogens is 2. The lowest BCUT2D eigenvalue weighted by molar-refractivity contribution is -0.143. The molecule has 6 nitrogen and oxygen atoms in total. The van der Waals surface area contributed by atoms with Crippen LogP contribution in [0.3, 0.4) is 0 Å². The Kier molecular flexibility index (Phi) is 5.54. The van der Waals surface area contributed by atoms with Gasteiger partial charge in [-0.05, 0) is 37.3 Å². The van der Waals surface area contributed by atoms with Crippen molar-refractivity contribution >= 4 is 57.5 Å². The first-order valence-electron chi connectivity index (χ1n) is 8.12. The molecule has 0 atom stereocenters. The molecule has 0 aliphatic carbocycles. The Morgan fingerprint density at radius 1 is 1.31 bits per heavy atom. The van der Waals surface area contributed by atoms with Crippen LogP contribution in [0.1, 0.15) is 13.3 Å². The highest BCUT2D eigenvalue weighted by atomic mass is 35.5. The number of nitrogens with zero attached hydrogens (tertiary/aromatic N) is 2. The summed E-state index contributed by atoms with van der Waals surface area (Å²) in [5, 5.41) is 4.20. The van der Waals surface area contributed by atoms with Crippen LogP contribution in [-0.2, 0) is 16.1 Å². The minimum atomic E-state index is -0.278. The largest absolute Gasteiger partial charge is 0.466 e. The van der Waals surface area contributed by atoms with Crippen molar-refractivity contribution in [1.29, 1.82) is 0 Å². The Labute approximate surface area is 160 Å². The van der Waals surface area contributed by atoms with E-state index in [1.165, 1.54) is 0 Å². The van der Waals surface area contributed by atoms with Gasteiger partial charge in [0.05, 0.1) is 40.5 Å². The zero-order valence-electron chi connectivity index (χ0n) is 14.1. The number of benzene rings is 2. The molecule has 0 unspecified atom stereocenters. The normalized spacial score (nSPS) is 10.9. The number of fused-ring (bicyclic) bond motifs is 1. The van der Waals surface area contributed by atoms with Crippen LogP contribution >= 0.6 is 23.2 Å². The molecule has 3 rings (SSSR count). The SMILES string of the molecule is CCOC(=O)CCn1c(Nc2ccc(Cl)cc2Cl)nc2cccc(N)c21. The summed E-state index contributed by atoms with van der Waals surface area (Å²) in [7, 11) is 0. The van der Waals surface area contributed by atoms with Gasteiger partial charge in [0.25, 0.3) is 0 Å². The highest BCUT2D eigenvalue weighted by Gasteiger charge is 2.15. The second-order valence-corrected chi connectivity index (χ2v) is 6.45. The predicted molar refractivity (Wildman–Crippen MR) is 105 cm³/mol. The Bertz CT molecular complexity index is 956. The Morgan fingerprint density at radius 2 is 2.12 bits per heavy atom. The summed E-state index contributed by atoms with van der Waals surface area (Å²) in [5.41, 5.74) is 8.84. The number of aromatic nitrogens is 2. The fraction of sp³-hybridized carbons (Fsp3) is 0.222. The van der Waals surface area contributed by atoms with E-state index in [9.17, 15) is 4.79 Å². The van der Waals surface area contributed by atoms with Gasteiger partial charge in [-0.2, -0.15) is 0 Å². The van der Waals surface area contributed by atoms with Crippen LogP contribution in [0.2, 0.25) is 10.0 Å². The average Bonchev–Trinajstić information content (AvgIpc) is 2.94. The maximum atomic E-state index is 11.8. The Morgan fingerprint density at radius 3 is 2.85 bits per heavy atom. The molecule has 0 saturated heterocycles. The smallest absolute Gasteiger partial charge is 0.307 e. The molecule has 0 saturated carbocycles. The van der Waals surface area contributed by atoms with Crippen LogP contribution in [0.5, 0.6) is 0 Å². The van der Waals surface area contributed by atoms with Gasteiger partial charge in [-0.15, -0.1) is 0 Å². The van der Waals surface area contributed by atoms with Crippen molar-refractivity contribution < 1.29 is 9.53 Å². The number of nitrogens with one attached hydrogen (secondary N) is 1. The highest BCUT2D eigenvalue weighted by molar-refractivity contribution is 6.36. The van der Waals surface area contributed by atoms with E-state index in [0.717, 1.165) is 11.0 Å². The first-order chi connectivity index (χ1) is 12.5. The molecule has 3 N–H and O–H groups in total. The van der Waals surface area contributed by atoms with Crippen molar-refractivity contribution in [3.63, 3.8) is 0 Å². The molecule has 0 spiro atoms. The van der Waals surface area contributed by atoms with Crippen LogP contribution in [0.25, 0.3) is 11.0 Å². The van der Waals surface area contributed by atoms with Crippen molar-refractivity contribution in [2.24, 2.45) is 0 Å². The number of ether oxygens (including phenoxy) is 1. The molecule has 0 radical (unpaired) electrons. The molecule has 0 fully saturated rings. The summed E-state index contributed by atoms with van der Waals surface area (Å²) in [6, 6.07) is 10.6. The molecule has 26 heavy (non-hydrogen) atoms. The highest BCUT2D eigenvalue weighted by Crippen LogP contribution is 2.31. The van der Waals surface area contributed by atoms with Gasteiger partial charge in [-0.1, -0.05) is 29.3 Å². The first-order valence-corrected chi connectivity index (χ1v) is 8.87. The van der Waals surface area contributed by atoms with E-state index in [-0.39, 0.29) is 12.4 Å². The maximum absolute atomic E-state index is 11.8. The number of nitrogen functional groups attached to an aromatic ring is 1. The molecule has 0 bridgehead atoms. The lowest BCUT2D eigenvalue weighted by atomic mass is 10.2. The number of rotatable bonds is 6. The summed E-state index contributed by atoms with van der Waals surface area (Å²) in [5.74, 6) is 0.255. The fourth-order valence-electron chi connectivity index (χ4n) is 2.67. The van der Waals surface area contributed by atoms with E-state index in [1.807, 2.05) is 16.7 Å². The van der Waals surface area contributed by atoms with Crippen molar-refractivity contribution in [1.82, 2.24) is 9.55 Å². The first kappa shape index (κ1) is 18.4. The van der Waals surface area contributed by atoms with Gasteiger partial charge >= 0.3 is 5.97 Å². The number of hydrogen-bond donors (Lipinski definition) is 2. The van der Waals surface area contributed by atoms with Gasteiger partial charge in [0.2, 0.25) is 5.95 Å². The summed E-state index contributed by atoms with van der Waals surface area (Å²) >= 11 is 12.2. The second kappa shape index (κ2) is 7.85. The zero-order chi connectivity index (χ0) is 18.7. The van der Waals surface area contributed by atoms with Gasteiger partial charge in [-0.25, -0.2) is 4.98 Å². The van der Waals surface area contributed by atoms with Gasteiger partial charge in [-0.3, -0.25) is 4.79 Å². The molecular formula is C18H18Cl2N4O2. The molecule has 8 heteroatoms. The van der Waals surface area contributed by atoms with E-state index in [4.69, 9.17) is 33.7 Å². The molecule has 0 aliphatic rings. The summed E-state index contributed by atoms with van der Waals surface area (Å²) in [6.45, 7) is 2.49. The summed E-state index contributed by atoms with van der Waals surface area (Å²) < 4.78 is 6.87. The lowest BCUT2D eigenvalue weighted by Crippen LogP contribution is -2.11. The predicted octanol–water partition coefficient (Wildman–Crippen LogP) is 4.62. The minimum Gasteiger partial charge on any atom is -0.466 e. The number of hydrogen-bond acceptors (Lipinski definition) is 5. The second-order valence-electron chi connectivity index (χ2n) is 5.61. The molecular weight excluding hydrogens is 375 g/mol. The molecule has 136 valence electrons. The maximum Gasteiger partial charge on any atom is 0.307 e. The molecule has 2 aromatic carbocycles. The topological polar surface area (TPSA) is 82.2 Å². The standard InChI is InChI=1S/C18H18Cl2N4O2/c1-2-26-16(25)8-9-24-17-13(21)4-3-5-15(17)23-18(24)22-14-7-6-11(19)10-12(14)20/h3-7,10H,2,8-9,21H2,1H3,(H,22,23). The molecule has 0 amide bonds. The number of anilines is 3. The third-order valence-corrected chi connectivity index (χ3v) is 4.37. The third kappa shape index (κ3) is 3.86. The third-order valence-electron chi connectivity index (χ3n) is 3.82. The number of carbonyl (C=O) groups excluding carboxylic acids is 1. The van der Waals surface area contributed by atoms with Crippen LogP contribution in [0.4, 0.5) is 17.3 Å². The lowest BCUT2D eigenvalue weighted by Gasteiger charge is -2.12. The summed E-state index contributed by atoms with van der Waals surface area (Å²) in [4.78, 5) is 16.4. The van der Waals surface area contributed by atoms with Gasteiger partial charge in [0.1, 0.15) is 0 Å².